The summed E-state index contributed by atoms with van der Waals surface area (Å²) in [5, 5.41) is 19.7. The number of aryl methyl sites for hydroxylation is 1. The minimum absolute atomic E-state index is 0.502. The minimum atomic E-state index is 0.502. The lowest BCUT2D eigenvalue weighted by molar-refractivity contribution is 1.48. The van der Waals surface area contributed by atoms with Crippen LogP contribution in [-0.2, 0) is 0 Å². The largest absolute Gasteiger partial charge is 0.192 e. The zero-order valence-corrected chi connectivity index (χ0v) is 17.3. The van der Waals surface area contributed by atoms with E-state index in [1.807, 2.05) is 12.1 Å². The summed E-state index contributed by atoms with van der Waals surface area (Å²) >= 11 is 6.64. The SMILES string of the molecule is Cc1ccc2sc3c(sc2c1)c(C#N)c(C#N)c1sc2ccccc2sc13. The molecule has 6 heteroatoms. The molecule has 5 aromatic rings. The van der Waals surface area contributed by atoms with E-state index in [2.05, 4.69) is 49.4 Å². The Morgan fingerprint density at radius 2 is 1.11 bits per heavy atom. The predicted octanol–water partition coefficient (Wildman–Crippen LogP) is 7.72. The monoisotopic (exact) mass is 418 g/mol. The summed E-state index contributed by atoms with van der Waals surface area (Å²) in [6, 6.07) is 19.3. The molecule has 0 saturated heterocycles. The molecule has 0 aliphatic carbocycles. The summed E-state index contributed by atoms with van der Waals surface area (Å²) < 4.78 is 8.75. The summed E-state index contributed by atoms with van der Waals surface area (Å²) in [5.41, 5.74) is 2.20. The van der Waals surface area contributed by atoms with Gasteiger partial charge in [0, 0.05) is 18.8 Å². The molecule has 0 aliphatic heterocycles. The number of nitriles is 2. The van der Waals surface area contributed by atoms with Crippen molar-refractivity contribution in [2.24, 2.45) is 0 Å². The Balaban J connectivity index is 2.10. The van der Waals surface area contributed by atoms with Gasteiger partial charge in [-0.05, 0) is 36.8 Å². The van der Waals surface area contributed by atoms with Gasteiger partial charge in [-0.2, -0.15) is 10.5 Å². The van der Waals surface area contributed by atoms with Crippen LogP contribution in [0.2, 0.25) is 0 Å². The summed E-state index contributed by atoms with van der Waals surface area (Å²) in [6.07, 6.45) is 0. The number of hydrogen-bond donors (Lipinski definition) is 0. The maximum absolute atomic E-state index is 9.87. The van der Waals surface area contributed by atoms with Crippen molar-refractivity contribution in [3.8, 4) is 12.1 Å². The molecule has 0 unspecified atom stereocenters. The Hall–Kier alpha value is -2.48. The lowest BCUT2D eigenvalue weighted by Crippen LogP contribution is -1.87. The number of benzene rings is 3. The zero-order valence-electron chi connectivity index (χ0n) is 14.1. The summed E-state index contributed by atoms with van der Waals surface area (Å²) in [4.78, 5) is 0. The molecule has 2 aromatic heterocycles. The van der Waals surface area contributed by atoms with Gasteiger partial charge in [-0.25, -0.2) is 0 Å². The van der Waals surface area contributed by atoms with Gasteiger partial charge >= 0.3 is 0 Å². The van der Waals surface area contributed by atoms with Crippen LogP contribution in [0.4, 0.5) is 0 Å². The van der Waals surface area contributed by atoms with Crippen molar-refractivity contribution < 1.29 is 0 Å². The van der Waals surface area contributed by atoms with Crippen LogP contribution >= 0.6 is 45.3 Å². The molecule has 0 fully saturated rings. The summed E-state index contributed by atoms with van der Waals surface area (Å²) in [5.74, 6) is 0. The number of rotatable bonds is 0. The molecule has 0 N–H and O–H groups in total. The normalized spacial score (nSPS) is 11.1. The molecule has 0 saturated carbocycles. The molecule has 0 amide bonds. The molecule has 5 rings (SSSR count). The van der Waals surface area contributed by atoms with Crippen LogP contribution in [0.15, 0.2) is 42.5 Å². The van der Waals surface area contributed by atoms with Gasteiger partial charge in [0.15, 0.2) is 0 Å². The smallest absolute Gasteiger partial charge is 0.102 e. The van der Waals surface area contributed by atoms with Crippen LogP contribution in [0.1, 0.15) is 16.7 Å². The van der Waals surface area contributed by atoms with Crippen LogP contribution in [0.25, 0.3) is 37.6 Å². The molecular weight excluding hydrogens is 409 g/mol. The third-order valence-electron chi connectivity index (χ3n) is 4.34. The lowest BCUT2D eigenvalue weighted by atomic mass is 10.1. The van der Waals surface area contributed by atoms with Gasteiger partial charge < -0.3 is 0 Å². The minimum Gasteiger partial charge on any atom is -0.192 e. The second-order valence-corrected chi connectivity index (χ2v) is 10.3. The molecule has 0 atom stereocenters. The van der Waals surface area contributed by atoms with Crippen molar-refractivity contribution in [3.05, 3.63) is 59.2 Å². The maximum atomic E-state index is 9.87. The summed E-state index contributed by atoms with van der Waals surface area (Å²) in [7, 11) is 0. The first-order chi connectivity index (χ1) is 13.2. The topological polar surface area (TPSA) is 47.6 Å². The van der Waals surface area contributed by atoms with Gasteiger partial charge in [-0.1, -0.05) is 18.2 Å². The van der Waals surface area contributed by atoms with E-state index in [-0.39, 0.29) is 0 Å². The standard InChI is InChI=1S/C21H10N2S4/c1-11-6-7-16-17(8-11)27-19-13(10-23)12(9-22)18-20(21(19)26-16)25-15-5-3-2-4-14(15)24-18/h2-8H,1H3. The van der Waals surface area contributed by atoms with E-state index in [4.69, 9.17) is 0 Å². The third kappa shape index (κ3) is 2.54. The number of nitrogens with zero attached hydrogens (tertiary/aromatic N) is 2. The van der Waals surface area contributed by atoms with E-state index in [1.54, 1.807) is 45.3 Å². The first kappa shape index (κ1) is 16.7. The van der Waals surface area contributed by atoms with Gasteiger partial charge in [0.1, 0.15) is 12.1 Å². The quantitative estimate of drug-likeness (QED) is 0.191. The van der Waals surface area contributed by atoms with Gasteiger partial charge in [0.05, 0.1) is 29.9 Å². The van der Waals surface area contributed by atoms with Crippen LogP contribution in [0, 0.1) is 29.6 Å². The van der Waals surface area contributed by atoms with E-state index in [9.17, 15) is 10.5 Å². The molecule has 0 radical (unpaired) electrons. The fourth-order valence-electron chi connectivity index (χ4n) is 3.09. The van der Waals surface area contributed by atoms with E-state index in [0.29, 0.717) is 11.1 Å². The average Bonchev–Trinajstić information content (AvgIpc) is 2.70. The van der Waals surface area contributed by atoms with Crippen LogP contribution in [0.3, 0.4) is 0 Å². The molecule has 0 bridgehead atoms. The molecule has 27 heavy (non-hydrogen) atoms. The molecule has 0 spiro atoms. The number of hydrogen-bond acceptors (Lipinski definition) is 6. The lowest BCUT2D eigenvalue weighted by Gasteiger charge is -2.10. The highest BCUT2D eigenvalue weighted by Crippen LogP contribution is 2.46. The Bertz CT molecular complexity index is 1510. The zero-order chi connectivity index (χ0) is 18.5. The van der Waals surface area contributed by atoms with Crippen molar-refractivity contribution in [2.75, 3.05) is 0 Å². The Morgan fingerprint density at radius 1 is 0.630 bits per heavy atom. The van der Waals surface area contributed by atoms with E-state index in [1.165, 1.54) is 15.0 Å². The third-order valence-corrected chi connectivity index (χ3v) is 9.72. The first-order valence-corrected chi connectivity index (χ1v) is 11.4. The van der Waals surface area contributed by atoms with Crippen molar-refractivity contribution in [2.45, 2.75) is 6.92 Å². The van der Waals surface area contributed by atoms with E-state index < -0.39 is 0 Å². The van der Waals surface area contributed by atoms with Crippen LogP contribution in [0.5, 0.6) is 0 Å². The average molecular weight is 419 g/mol. The second kappa shape index (κ2) is 6.30. The van der Waals surface area contributed by atoms with Gasteiger partial charge in [0.2, 0.25) is 0 Å². The van der Waals surface area contributed by atoms with Gasteiger partial charge in [-0.15, -0.1) is 45.3 Å². The van der Waals surface area contributed by atoms with Crippen LogP contribution < -0.4 is 0 Å². The summed E-state index contributed by atoms with van der Waals surface area (Å²) in [6.45, 7) is 2.07. The molecule has 128 valence electrons. The van der Waals surface area contributed by atoms with Crippen molar-refractivity contribution >= 4 is 82.9 Å². The highest BCUT2D eigenvalue weighted by Gasteiger charge is 2.18. The molecule has 2 nitrogen and oxygen atoms in total. The molecule has 2 heterocycles. The maximum Gasteiger partial charge on any atom is 0.102 e. The van der Waals surface area contributed by atoms with Crippen LogP contribution in [-0.4, -0.2) is 0 Å². The van der Waals surface area contributed by atoms with E-state index in [0.717, 1.165) is 28.2 Å². The Kier molecular flexibility index (Phi) is 3.89. The van der Waals surface area contributed by atoms with Crippen molar-refractivity contribution in [1.29, 1.82) is 10.5 Å². The molecule has 0 aliphatic rings. The Labute approximate surface area is 171 Å². The van der Waals surface area contributed by atoms with Gasteiger partial charge in [0.25, 0.3) is 0 Å². The highest BCUT2D eigenvalue weighted by molar-refractivity contribution is 7.42. The van der Waals surface area contributed by atoms with Gasteiger partial charge in [-0.3, -0.25) is 0 Å². The Morgan fingerprint density at radius 3 is 1.67 bits per heavy atom. The highest BCUT2D eigenvalue weighted by atomic mass is 32.1. The number of fused-ring (bicyclic) bond motifs is 5. The predicted molar refractivity (Wildman–Crippen MR) is 120 cm³/mol. The fourth-order valence-corrected chi connectivity index (χ4v) is 8.36. The fraction of sp³-hybridized carbons (Fsp3) is 0.0476. The van der Waals surface area contributed by atoms with Crippen molar-refractivity contribution in [3.63, 3.8) is 0 Å². The van der Waals surface area contributed by atoms with Crippen molar-refractivity contribution in [1.82, 2.24) is 0 Å². The first-order valence-electron chi connectivity index (χ1n) is 8.15. The molecular formula is C21H10N2S4. The molecule has 3 aromatic carbocycles. The van der Waals surface area contributed by atoms with E-state index >= 15 is 0 Å². The second-order valence-electron chi connectivity index (χ2n) is 6.10.